The van der Waals surface area contributed by atoms with E-state index in [2.05, 4.69) is 11.0 Å². The largest absolute Gasteiger partial charge is 0.486 e. The molecule has 0 unspecified atom stereocenters. The van der Waals surface area contributed by atoms with Crippen molar-refractivity contribution in [2.24, 2.45) is 0 Å². The van der Waals surface area contributed by atoms with Crippen LogP contribution in [0.3, 0.4) is 0 Å². The minimum absolute atomic E-state index is 0.135. The first-order valence-electron chi connectivity index (χ1n) is 7.99. The first-order chi connectivity index (χ1) is 10.8. The molecule has 3 rings (SSSR count). The number of esters is 1. The molecule has 5 heteroatoms. The molecule has 0 saturated carbocycles. The molecule has 0 aromatic heterocycles. The third-order valence-electron chi connectivity index (χ3n) is 4.37. The predicted molar refractivity (Wildman–Crippen MR) is 82.2 cm³/mol. The maximum atomic E-state index is 11.3. The fourth-order valence-corrected chi connectivity index (χ4v) is 3.33. The number of para-hydroxylation sites is 1. The van der Waals surface area contributed by atoms with Crippen molar-refractivity contribution in [3.63, 3.8) is 0 Å². The molecule has 120 valence electrons. The van der Waals surface area contributed by atoms with Crippen LogP contribution in [0.5, 0.6) is 11.5 Å². The Hall–Kier alpha value is -1.75. The van der Waals surface area contributed by atoms with E-state index in [9.17, 15) is 4.79 Å². The molecule has 1 aromatic carbocycles. The molecule has 0 N–H and O–H groups in total. The number of hydrogen-bond donors (Lipinski definition) is 0. The topological polar surface area (TPSA) is 48.0 Å². The Morgan fingerprint density at radius 1 is 1.36 bits per heavy atom. The van der Waals surface area contributed by atoms with E-state index in [-0.39, 0.29) is 5.97 Å². The number of methoxy groups -OCH3 is 1. The van der Waals surface area contributed by atoms with Gasteiger partial charge in [0.1, 0.15) is 13.2 Å². The number of ether oxygens (including phenoxy) is 3. The third kappa shape index (κ3) is 3.19. The summed E-state index contributed by atoms with van der Waals surface area (Å²) in [5.41, 5.74) is 1.22. The highest BCUT2D eigenvalue weighted by Crippen LogP contribution is 2.42. The Balaban J connectivity index is 1.69. The van der Waals surface area contributed by atoms with Crippen LogP contribution in [-0.4, -0.2) is 44.3 Å². The summed E-state index contributed by atoms with van der Waals surface area (Å²) in [7, 11) is 1.44. The fraction of sp³-hybridized carbons (Fsp3) is 0.588. The number of hydrogen-bond acceptors (Lipinski definition) is 5. The smallest absolute Gasteiger partial charge is 0.305 e. The molecule has 0 spiro atoms. The summed E-state index contributed by atoms with van der Waals surface area (Å²) in [4.78, 5) is 13.7. The van der Waals surface area contributed by atoms with E-state index in [1.165, 1.54) is 19.1 Å². The normalized spacial score (nSPS) is 20.9. The van der Waals surface area contributed by atoms with Gasteiger partial charge in [-0.3, -0.25) is 9.69 Å². The molecule has 1 fully saturated rings. The van der Waals surface area contributed by atoms with Crippen LogP contribution in [0, 0.1) is 0 Å². The molecule has 0 amide bonds. The summed E-state index contributed by atoms with van der Waals surface area (Å²) in [6.45, 7) is 3.20. The van der Waals surface area contributed by atoms with Crippen molar-refractivity contribution < 1.29 is 19.0 Å². The van der Waals surface area contributed by atoms with Crippen molar-refractivity contribution in [2.75, 3.05) is 33.4 Å². The van der Waals surface area contributed by atoms with Gasteiger partial charge in [-0.25, -0.2) is 0 Å². The van der Waals surface area contributed by atoms with Crippen LogP contribution < -0.4 is 9.47 Å². The summed E-state index contributed by atoms with van der Waals surface area (Å²) in [5, 5.41) is 0. The first-order valence-corrected chi connectivity index (χ1v) is 7.99. The molecule has 2 heterocycles. The zero-order valence-corrected chi connectivity index (χ0v) is 13.0. The number of carbonyl (C=O) groups excluding carboxylic acids is 1. The second-order valence-electron chi connectivity index (χ2n) is 5.75. The van der Waals surface area contributed by atoms with Crippen molar-refractivity contribution >= 4 is 5.97 Å². The zero-order chi connectivity index (χ0) is 15.4. The molecule has 2 aliphatic heterocycles. The van der Waals surface area contributed by atoms with Crippen LogP contribution in [0.2, 0.25) is 0 Å². The number of nitrogens with zero attached hydrogens (tertiary/aromatic N) is 1. The Morgan fingerprint density at radius 3 is 3.09 bits per heavy atom. The average molecular weight is 305 g/mol. The van der Waals surface area contributed by atoms with Gasteiger partial charge in [0, 0.05) is 18.0 Å². The van der Waals surface area contributed by atoms with Crippen LogP contribution in [0.1, 0.15) is 37.3 Å². The van der Waals surface area contributed by atoms with Crippen molar-refractivity contribution in [3.05, 3.63) is 23.8 Å². The van der Waals surface area contributed by atoms with Gasteiger partial charge >= 0.3 is 5.97 Å². The molecule has 0 radical (unpaired) electrons. The lowest BCUT2D eigenvalue weighted by molar-refractivity contribution is -0.140. The number of benzene rings is 1. The van der Waals surface area contributed by atoms with E-state index in [0.717, 1.165) is 37.4 Å². The van der Waals surface area contributed by atoms with Crippen LogP contribution in [0.4, 0.5) is 0 Å². The highest BCUT2D eigenvalue weighted by molar-refractivity contribution is 5.69. The van der Waals surface area contributed by atoms with Gasteiger partial charge < -0.3 is 14.2 Å². The summed E-state index contributed by atoms with van der Waals surface area (Å²) >= 11 is 0. The summed E-state index contributed by atoms with van der Waals surface area (Å²) in [6.07, 6.45) is 3.60. The van der Waals surface area contributed by atoms with Crippen LogP contribution >= 0.6 is 0 Å². The van der Waals surface area contributed by atoms with E-state index < -0.39 is 0 Å². The lowest BCUT2D eigenvalue weighted by Crippen LogP contribution is -2.26. The molecule has 2 aliphatic rings. The fourth-order valence-electron chi connectivity index (χ4n) is 3.33. The van der Waals surface area contributed by atoms with Crippen molar-refractivity contribution in [1.29, 1.82) is 0 Å². The maximum absolute atomic E-state index is 11.3. The Labute approximate surface area is 131 Å². The molecule has 5 nitrogen and oxygen atoms in total. The minimum atomic E-state index is -0.135. The molecule has 1 atom stereocenters. The highest BCUT2D eigenvalue weighted by atomic mass is 16.6. The lowest BCUT2D eigenvalue weighted by atomic mass is 10.0. The zero-order valence-electron chi connectivity index (χ0n) is 13.0. The first kappa shape index (κ1) is 15.2. The van der Waals surface area contributed by atoms with Gasteiger partial charge in [0.25, 0.3) is 0 Å². The number of carbonyl (C=O) groups is 1. The third-order valence-corrected chi connectivity index (χ3v) is 4.37. The van der Waals surface area contributed by atoms with E-state index >= 15 is 0 Å². The van der Waals surface area contributed by atoms with E-state index in [1.807, 2.05) is 12.1 Å². The summed E-state index contributed by atoms with van der Waals surface area (Å²) in [5.74, 6) is 1.62. The van der Waals surface area contributed by atoms with E-state index in [4.69, 9.17) is 14.2 Å². The molecule has 1 saturated heterocycles. The van der Waals surface area contributed by atoms with E-state index in [1.54, 1.807) is 0 Å². The van der Waals surface area contributed by atoms with Gasteiger partial charge in [0.05, 0.1) is 7.11 Å². The molecule has 0 aliphatic carbocycles. The van der Waals surface area contributed by atoms with Gasteiger partial charge in [-0.15, -0.1) is 0 Å². The standard InChI is InChI=1S/C17H23NO4/c1-20-16(19)8-4-10-18-9-3-6-14(18)13-5-2-7-15-17(13)22-12-11-21-15/h2,5,7,14H,3-4,6,8-12H2,1H3/t14-/m1/s1. The van der Waals surface area contributed by atoms with Crippen molar-refractivity contribution in [3.8, 4) is 11.5 Å². The second-order valence-corrected chi connectivity index (χ2v) is 5.75. The molecular formula is C17H23NO4. The van der Waals surface area contributed by atoms with E-state index in [0.29, 0.717) is 25.7 Å². The molecule has 0 bridgehead atoms. The van der Waals surface area contributed by atoms with Crippen LogP contribution in [0.15, 0.2) is 18.2 Å². The van der Waals surface area contributed by atoms with Crippen LogP contribution in [-0.2, 0) is 9.53 Å². The quantitative estimate of drug-likeness (QED) is 0.782. The Kier molecular flexibility index (Phi) is 4.83. The number of fused-ring (bicyclic) bond motifs is 1. The van der Waals surface area contributed by atoms with Gasteiger partial charge in [-0.1, -0.05) is 12.1 Å². The van der Waals surface area contributed by atoms with Gasteiger partial charge in [0.15, 0.2) is 11.5 Å². The average Bonchev–Trinajstić information content (AvgIpc) is 3.02. The number of likely N-dealkylation sites (tertiary alicyclic amines) is 1. The second kappa shape index (κ2) is 7.01. The SMILES string of the molecule is COC(=O)CCCN1CCC[C@@H]1c1cccc2c1OCCO2. The highest BCUT2D eigenvalue weighted by Gasteiger charge is 2.30. The van der Waals surface area contributed by atoms with Gasteiger partial charge in [0.2, 0.25) is 0 Å². The monoisotopic (exact) mass is 305 g/mol. The summed E-state index contributed by atoms with van der Waals surface area (Å²) < 4.78 is 16.2. The predicted octanol–water partition coefficient (Wildman–Crippen LogP) is 2.55. The molecule has 22 heavy (non-hydrogen) atoms. The van der Waals surface area contributed by atoms with Crippen molar-refractivity contribution in [1.82, 2.24) is 4.90 Å². The maximum Gasteiger partial charge on any atom is 0.305 e. The number of rotatable bonds is 5. The Bertz CT molecular complexity index is 531. The van der Waals surface area contributed by atoms with Gasteiger partial charge in [-0.2, -0.15) is 0 Å². The molecule has 1 aromatic rings. The lowest BCUT2D eigenvalue weighted by Gasteiger charge is -2.28. The van der Waals surface area contributed by atoms with Crippen molar-refractivity contribution in [2.45, 2.75) is 31.7 Å². The van der Waals surface area contributed by atoms with Gasteiger partial charge in [-0.05, 0) is 38.4 Å². The van der Waals surface area contributed by atoms with Crippen LogP contribution in [0.25, 0.3) is 0 Å². The molecular weight excluding hydrogens is 282 g/mol. The Morgan fingerprint density at radius 2 is 2.23 bits per heavy atom. The minimum Gasteiger partial charge on any atom is -0.486 e. The summed E-state index contributed by atoms with van der Waals surface area (Å²) in [6, 6.07) is 6.49.